The zero-order valence-corrected chi connectivity index (χ0v) is 13.8. The second kappa shape index (κ2) is 7.94. The van der Waals surface area contributed by atoms with Gasteiger partial charge in [0.15, 0.2) is 0 Å². The Labute approximate surface area is 132 Å². The van der Waals surface area contributed by atoms with E-state index in [1.807, 2.05) is 31.2 Å². The number of carboxylic acid groups (broad SMARTS) is 1. The second-order valence-corrected chi connectivity index (χ2v) is 6.48. The highest BCUT2D eigenvalue weighted by molar-refractivity contribution is 5.92. The molecule has 22 heavy (non-hydrogen) atoms. The lowest BCUT2D eigenvalue weighted by Gasteiger charge is -2.20. The zero-order chi connectivity index (χ0) is 16.8. The van der Waals surface area contributed by atoms with Crippen LogP contribution in [0.3, 0.4) is 0 Å². The molecule has 0 atom stereocenters. The van der Waals surface area contributed by atoms with Gasteiger partial charge >= 0.3 is 5.97 Å². The number of nitrogens with zero attached hydrogens (tertiary/aromatic N) is 1. The van der Waals surface area contributed by atoms with Crippen molar-refractivity contribution in [2.75, 3.05) is 25.0 Å². The molecular weight excluding hydrogens is 280 g/mol. The first-order valence-electron chi connectivity index (χ1n) is 7.57. The summed E-state index contributed by atoms with van der Waals surface area (Å²) >= 11 is 0. The molecule has 0 heterocycles. The number of anilines is 1. The summed E-state index contributed by atoms with van der Waals surface area (Å²) in [5.74, 6) is -1.12. The predicted octanol–water partition coefficient (Wildman–Crippen LogP) is 2.72. The first-order valence-corrected chi connectivity index (χ1v) is 7.57. The molecule has 1 rings (SSSR count). The fourth-order valence-electron chi connectivity index (χ4n) is 2.18. The minimum absolute atomic E-state index is 0.0714. The summed E-state index contributed by atoms with van der Waals surface area (Å²) in [6.07, 6.45) is 0.806. The first-order chi connectivity index (χ1) is 10.2. The van der Waals surface area contributed by atoms with Gasteiger partial charge < -0.3 is 10.4 Å². The molecule has 2 N–H and O–H groups in total. The van der Waals surface area contributed by atoms with Gasteiger partial charge in [0, 0.05) is 5.69 Å². The lowest BCUT2D eigenvalue weighted by molar-refractivity contribution is -0.138. The van der Waals surface area contributed by atoms with Gasteiger partial charge in [-0.25, -0.2) is 0 Å². The number of amides is 1. The van der Waals surface area contributed by atoms with Crippen LogP contribution in [0.4, 0.5) is 5.69 Å². The van der Waals surface area contributed by atoms with E-state index in [0.717, 1.165) is 12.1 Å². The van der Waals surface area contributed by atoms with E-state index >= 15 is 0 Å². The molecule has 0 unspecified atom stereocenters. The van der Waals surface area contributed by atoms with Crippen LogP contribution in [0.15, 0.2) is 24.3 Å². The third-order valence-corrected chi connectivity index (χ3v) is 3.30. The number of rotatable bonds is 7. The highest BCUT2D eigenvalue weighted by Crippen LogP contribution is 2.23. The smallest absolute Gasteiger partial charge is 0.317 e. The van der Waals surface area contributed by atoms with Crippen LogP contribution in [0.2, 0.25) is 0 Å². The van der Waals surface area contributed by atoms with Crippen molar-refractivity contribution in [2.45, 2.75) is 39.5 Å². The molecule has 122 valence electrons. The maximum Gasteiger partial charge on any atom is 0.317 e. The Kier molecular flexibility index (Phi) is 6.56. The summed E-state index contributed by atoms with van der Waals surface area (Å²) in [5, 5.41) is 11.7. The van der Waals surface area contributed by atoms with Crippen LogP contribution in [0.1, 0.15) is 39.7 Å². The summed E-state index contributed by atoms with van der Waals surface area (Å²) in [5.41, 5.74) is 2.00. The van der Waals surface area contributed by atoms with Gasteiger partial charge in [0.1, 0.15) is 0 Å². The van der Waals surface area contributed by atoms with Gasteiger partial charge in [0.25, 0.3) is 0 Å². The van der Waals surface area contributed by atoms with Crippen molar-refractivity contribution < 1.29 is 14.7 Å². The normalized spacial score (nSPS) is 11.5. The van der Waals surface area contributed by atoms with Crippen LogP contribution in [0, 0.1) is 0 Å². The number of hydrogen-bond acceptors (Lipinski definition) is 3. The number of carbonyl (C=O) groups excluding carboxylic acids is 1. The molecule has 5 heteroatoms. The highest BCUT2D eigenvalue weighted by Gasteiger charge is 2.15. The van der Waals surface area contributed by atoms with Gasteiger partial charge in [-0.05, 0) is 36.1 Å². The maximum atomic E-state index is 12.0. The molecule has 1 aromatic carbocycles. The van der Waals surface area contributed by atoms with Crippen LogP contribution in [0.25, 0.3) is 0 Å². The number of aliphatic carboxylic acids is 1. The Morgan fingerprint density at radius 1 is 1.14 bits per heavy atom. The predicted molar refractivity (Wildman–Crippen MR) is 88.1 cm³/mol. The summed E-state index contributed by atoms with van der Waals surface area (Å²) in [7, 11) is 0. The second-order valence-electron chi connectivity index (χ2n) is 6.48. The molecule has 0 saturated heterocycles. The molecule has 0 aliphatic carbocycles. The summed E-state index contributed by atoms with van der Waals surface area (Å²) in [6.45, 7) is 8.91. The van der Waals surface area contributed by atoms with Crippen molar-refractivity contribution in [1.29, 1.82) is 0 Å². The largest absolute Gasteiger partial charge is 0.480 e. The molecule has 0 saturated carbocycles. The minimum Gasteiger partial charge on any atom is -0.480 e. The zero-order valence-electron chi connectivity index (χ0n) is 13.8. The molecule has 0 aliphatic rings. The van der Waals surface area contributed by atoms with Crippen LogP contribution < -0.4 is 5.32 Å². The molecule has 5 nitrogen and oxygen atoms in total. The topological polar surface area (TPSA) is 69.6 Å². The summed E-state index contributed by atoms with van der Waals surface area (Å²) in [4.78, 5) is 24.4. The molecule has 0 aliphatic heterocycles. The van der Waals surface area contributed by atoms with Crippen LogP contribution in [-0.4, -0.2) is 41.5 Å². The Bertz CT molecular complexity index is 504. The Morgan fingerprint density at radius 3 is 2.18 bits per heavy atom. The Morgan fingerprint density at radius 2 is 1.73 bits per heavy atom. The molecule has 0 bridgehead atoms. The van der Waals surface area contributed by atoms with Gasteiger partial charge in [0.2, 0.25) is 5.91 Å². The molecular formula is C17H26N2O3. The van der Waals surface area contributed by atoms with Crippen LogP contribution >= 0.6 is 0 Å². The van der Waals surface area contributed by atoms with Gasteiger partial charge in [0.05, 0.1) is 13.1 Å². The SMILES string of the molecule is CCCN(CC(=O)O)CC(=O)Nc1ccc(C(C)(C)C)cc1. The molecule has 1 amide bonds. The Hall–Kier alpha value is -1.88. The number of hydrogen-bond donors (Lipinski definition) is 2. The van der Waals surface area contributed by atoms with E-state index in [1.165, 1.54) is 5.56 Å². The molecule has 0 spiro atoms. The Balaban J connectivity index is 2.62. The van der Waals surface area contributed by atoms with E-state index in [1.54, 1.807) is 4.90 Å². The van der Waals surface area contributed by atoms with E-state index in [0.29, 0.717) is 6.54 Å². The summed E-state index contributed by atoms with van der Waals surface area (Å²) in [6, 6.07) is 7.74. The number of nitrogens with one attached hydrogen (secondary N) is 1. The molecule has 0 fully saturated rings. The lowest BCUT2D eigenvalue weighted by atomic mass is 9.87. The minimum atomic E-state index is -0.921. The van der Waals surface area contributed by atoms with Crippen molar-refractivity contribution in [3.05, 3.63) is 29.8 Å². The number of benzene rings is 1. The van der Waals surface area contributed by atoms with Crippen LogP contribution in [-0.2, 0) is 15.0 Å². The standard InChI is InChI=1S/C17H26N2O3/c1-5-10-19(12-16(21)22)11-15(20)18-14-8-6-13(7-9-14)17(2,3)4/h6-9H,5,10-12H2,1-4H3,(H,18,20)(H,21,22). The number of carboxylic acids is 1. The monoisotopic (exact) mass is 306 g/mol. The van der Waals surface area contributed by atoms with Crippen molar-refractivity contribution in [1.82, 2.24) is 4.90 Å². The van der Waals surface area contributed by atoms with Crippen molar-refractivity contribution in [3.8, 4) is 0 Å². The van der Waals surface area contributed by atoms with E-state index in [9.17, 15) is 9.59 Å². The average molecular weight is 306 g/mol. The highest BCUT2D eigenvalue weighted by atomic mass is 16.4. The average Bonchev–Trinajstić information content (AvgIpc) is 2.37. The van der Waals surface area contributed by atoms with Crippen molar-refractivity contribution in [3.63, 3.8) is 0 Å². The van der Waals surface area contributed by atoms with E-state index in [-0.39, 0.29) is 24.4 Å². The molecule has 0 radical (unpaired) electrons. The van der Waals surface area contributed by atoms with E-state index in [2.05, 4.69) is 26.1 Å². The molecule has 1 aromatic rings. The fraction of sp³-hybridized carbons (Fsp3) is 0.529. The van der Waals surface area contributed by atoms with E-state index < -0.39 is 5.97 Å². The first kappa shape index (κ1) is 18.2. The van der Waals surface area contributed by atoms with Gasteiger partial charge in [-0.1, -0.05) is 39.8 Å². The summed E-state index contributed by atoms with van der Waals surface area (Å²) < 4.78 is 0. The quantitative estimate of drug-likeness (QED) is 0.812. The maximum absolute atomic E-state index is 12.0. The van der Waals surface area contributed by atoms with Crippen molar-refractivity contribution in [2.24, 2.45) is 0 Å². The van der Waals surface area contributed by atoms with Gasteiger partial charge in [-0.3, -0.25) is 14.5 Å². The lowest BCUT2D eigenvalue weighted by Crippen LogP contribution is -2.37. The van der Waals surface area contributed by atoms with Gasteiger partial charge in [-0.2, -0.15) is 0 Å². The number of carbonyl (C=O) groups is 2. The fourth-order valence-corrected chi connectivity index (χ4v) is 2.18. The van der Waals surface area contributed by atoms with E-state index in [4.69, 9.17) is 5.11 Å². The van der Waals surface area contributed by atoms with Crippen molar-refractivity contribution >= 4 is 17.6 Å². The third-order valence-electron chi connectivity index (χ3n) is 3.30. The third kappa shape index (κ3) is 6.26. The van der Waals surface area contributed by atoms with Crippen LogP contribution in [0.5, 0.6) is 0 Å². The van der Waals surface area contributed by atoms with Gasteiger partial charge in [-0.15, -0.1) is 0 Å². The molecule has 0 aromatic heterocycles.